The molecule has 0 bridgehead atoms. The summed E-state index contributed by atoms with van der Waals surface area (Å²) in [5, 5.41) is 3.49. The molecule has 16 heavy (non-hydrogen) atoms. The van der Waals surface area contributed by atoms with Crippen LogP contribution in [-0.4, -0.2) is 26.2 Å². The van der Waals surface area contributed by atoms with Crippen molar-refractivity contribution in [2.75, 3.05) is 25.0 Å². The van der Waals surface area contributed by atoms with Gasteiger partial charge in [-0.25, -0.2) is 4.39 Å². The third-order valence-corrected chi connectivity index (χ3v) is 3.41. The molecule has 1 fully saturated rings. The van der Waals surface area contributed by atoms with E-state index in [0.29, 0.717) is 12.0 Å². The van der Waals surface area contributed by atoms with Gasteiger partial charge in [-0.2, -0.15) is 0 Å². The van der Waals surface area contributed by atoms with Crippen molar-refractivity contribution in [1.29, 1.82) is 0 Å². The Labute approximate surface area is 96.5 Å². The summed E-state index contributed by atoms with van der Waals surface area (Å²) in [4.78, 5) is 2.11. The van der Waals surface area contributed by atoms with Crippen molar-refractivity contribution in [3.8, 4) is 0 Å². The van der Waals surface area contributed by atoms with Crippen LogP contribution in [0.4, 0.5) is 10.1 Å². The van der Waals surface area contributed by atoms with E-state index < -0.39 is 0 Å². The number of hydrogen-bond acceptors (Lipinski definition) is 2. The van der Waals surface area contributed by atoms with E-state index >= 15 is 0 Å². The van der Waals surface area contributed by atoms with E-state index in [-0.39, 0.29) is 5.82 Å². The zero-order valence-electron chi connectivity index (χ0n) is 9.91. The minimum atomic E-state index is -0.170. The molecule has 0 aliphatic carbocycles. The molecule has 0 amide bonds. The van der Waals surface area contributed by atoms with Gasteiger partial charge in [-0.1, -0.05) is 13.0 Å². The number of likely N-dealkylation sites (N-methyl/N-ethyl adjacent to an activating group) is 1. The minimum Gasteiger partial charge on any atom is -0.373 e. The fourth-order valence-corrected chi connectivity index (χ4v) is 2.26. The molecule has 0 spiro atoms. The van der Waals surface area contributed by atoms with E-state index in [4.69, 9.17) is 0 Å². The summed E-state index contributed by atoms with van der Waals surface area (Å²) in [7, 11) is 2.02. The van der Waals surface area contributed by atoms with E-state index in [2.05, 4.69) is 17.1 Å². The summed E-state index contributed by atoms with van der Waals surface area (Å²) in [5.74, 6) is 0.535. The first-order valence-electron chi connectivity index (χ1n) is 5.87. The maximum atomic E-state index is 13.1. The molecule has 3 heteroatoms. The van der Waals surface area contributed by atoms with Crippen molar-refractivity contribution in [3.63, 3.8) is 0 Å². The van der Waals surface area contributed by atoms with Crippen molar-refractivity contribution in [1.82, 2.24) is 5.32 Å². The van der Waals surface area contributed by atoms with Gasteiger partial charge in [0.2, 0.25) is 0 Å². The van der Waals surface area contributed by atoms with Gasteiger partial charge in [0.1, 0.15) is 5.82 Å². The van der Waals surface area contributed by atoms with Gasteiger partial charge in [0.25, 0.3) is 0 Å². The fraction of sp³-hybridized carbons (Fsp3) is 0.538. The smallest absolute Gasteiger partial charge is 0.125 e. The summed E-state index contributed by atoms with van der Waals surface area (Å²) in [6.45, 7) is 4.30. The predicted molar refractivity (Wildman–Crippen MR) is 65.2 cm³/mol. The molecule has 88 valence electrons. The Balaban J connectivity index is 1.99. The predicted octanol–water partition coefficient (Wildman–Crippen LogP) is 2.26. The van der Waals surface area contributed by atoms with Crippen LogP contribution in [0.1, 0.15) is 13.3 Å². The number of nitrogens with zero attached hydrogens (tertiary/aromatic N) is 1. The van der Waals surface area contributed by atoms with Crippen molar-refractivity contribution in [2.45, 2.75) is 19.4 Å². The lowest BCUT2D eigenvalue weighted by molar-refractivity contribution is 0.483. The van der Waals surface area contributed by atoms with Gasteiger partial charge in [0.15, 0.2) is 0 Å². The summed E-state index contributed by atoms with van der Waals surface area (Å²) in [6, 6.07) is 7.29. The molecule has 1 heterocycles. The normalized spacial score (nSPS) is 24.7. The first kappa shape index (κ1) is 11.4. The molecule has 0 saturated carbocycles. The van der Waals surface area contributed by atoms with Gasteiger partial charge in [-0.3, -0.25) is 0 Å². The molecule has 0 radical (unpaired) electrons. The first-order chi connectivity index (χ1) is 7.66. The first-order valence-corrected chi connectivity index (χ1v) is 5.87. The maximum absolute atomic E-state index is 13.1. The lowest BCUT2D eigenvalue weighted by atomic mass is 10.0. The monoisotopic (exact) mass is 222 g/mol. The highest BCUT2D eigenvalue weighted by atomic mass is 19.1. The number of nitrogens with one attached hydrogen (secondary N) is 1. The van der Waals surface area contributed by atoms with Crippen molar-refractivity contribution in [2.24, 2.45) is 5.92 Å². The Bertz CT molecular complexity index is 354. The van der Waals surface area contributed by atoms with Crippen LogP contribution in [-0.2, 0) is 0 Å². The Morgan fingerprint density at radius 2 is 2.31 bits per heavy atom. The summed E-state index contributed by atoms with van der Waals surface area (Å²) in [5.41, 5.74) is 0.945. The molecule has 0 aromatic heterocycles. The van der Waals surface area contributed by atoms with Gasteiger partial charge >= 0.3 is 0 Å². The van der Waals surface area contributed by atoms with E-state index in [9.17, 15) is 4.39 Å². The number of halogens is 1. The molecular formula is C13H19FN2. The lowest BCUT2D eigenvalue weighted by Crippen LogP contribution is -2.38. The van der Waals surface area contributed by atoms with Crippen LogP contribution in [0.15, 0.2) is 24.3 Å². The third kappa shape index (κ3) is 2.53. The second-order valence-corrected chi connectivity index (χ2v) is 4.69. The van der Waals surface area contributed by atoms with E-state index in [1.165, 1.54) is 12.5 Å². The Morgan fingerprint density at radius 1 is 1.50 bits per heavy atom. The van der Waals surface area contributed by atoms with Gasteiger partial charge < -0.3 is 10.2 Å². The molecule has 1 saturated heterocycles. The second kappa shape index (κ2) is 4.83. The van der Waals surface area contributed by atoms with Crippen LogP contribution in [0, 0.1) is 11.7 Å². The van der Waals surface area contributed by atoms with Crippen LogP contribution < -0.4 is 10.2 Å². The van der Waals surface area contributed by atoms with Gasteiger partial charge in [-0.15, -0.1) is 0 Å². The zero-order chi connectivity index (χ0) is 11.5. The fourth-order valence-electron chi connectivity index (χ4n) is 2.26. The number of rotatable bonds is 3. The largest absolute Gasteiger partial charge is 0.373 e. The SMILES string of the molecule is CC1CCNC1CN(C)c1cccc(F)c1. The van der Waals surface area contributed by atoms with Gasteiger partial charge in [-0.05, 0) is 37.1 Å². The average Bonchev–Trinajstić information content (AvgIpc) is 2.64. The molecule has 1 aliphatic heterocycles. The van der Waals surface area contributed by atoms with Crippen molar-refractivity contribution >= 4 is 5.69 Å². The van der Waals surface area contributed by atoms with Crippen LogP contribution >= 0.6 is 0 Å². The van der Waals surface area contributed by atoms with E-state index in [1.807, 2.05) is 13.1 Å². The highest BCUT2D eigenvalue weighted by molar-refractivity contribution is 5.45. The highest BCUT2D eigenvalue weighted by Crippen LogP contribution is 2.19. The molecular weight excluding hydrogens is 203 g/mol. The number of hydrogen-bond donors (Lipinski definition) is 1. The molecule has 1 N–H and O–H groups in total. The molecule has 2 unspecified atom stereocenters. The van der Waals surface area contributed by atoms with Crippen LogP contribution in [0.2, 0.25) is 0 Å². The Kier molecular flexibility index (Phi) is 3.44. The second-order valence-electron chi connectivity index (χ2n) is 4.69. The van der Waals surface area contributed by atoms with Crippen LogP contribution in [0.3, 0.4) is 0 Å². The summed E-state index contributed by atoms with van der Waals surface area (Å²) >= 11 is 0. The van der Waals surface area contributed by atoms with Crippen molar-refractivity contribution < 1.29 is 4.39 Å². The maximum Gasteiger partial charge on any atom is 0.125 e. The number of benzene rings is 1. The molecule has 2 rings (SSSR count). The van der Waals surface area contributed by atoms with Crippen LogP contribution in [0.25, 0.3) is 0 Å². The molecule has 2 nitrogen and oxygen atoms in total. The average molecular weight is 222 g/mol. The van der Waals surface area contributed by atoms with Crippen molar-refractivity contribution in [3.05, 3.63) is 30.1 Å². The van der Waals surface area contributed by atoms with E-state index in [1.54, 1.807) is 12.1 Å². The molecule has 1 aromatic carbocycles. The number of anilines is 1. The Hall–Kier alpha value is -1.09. The van der Waals surface area contributed by atoms with Gasteiger partial charge in [0.05, 0.1) is 0 Å². The quantitative estimate of drug-likeness (QED) is 0.844. The van der Waals surface area contributed by atoms with E-state index in [0.717, 1.165) is 18.8 Å². The highest BCUT2D eigenvalue weighted by Gasteiger charge is 2.23. The topological polar surface area (TPSA) is 15.3 Å². The summed E-state index contributed by atoms with van der Waals surface area (Å²) < 4.78 is 13.1. The third-order valence-electron chi connectivity index (χ3n) is 3.41. The standard InChI is InChI=1S/C13H19FN2/c1-10-6-7-15-13(10)9-16(2)12-5-3-4-11(14)8-12/h3-5,8,10,13,15H,6-7,9H2,1-2H3. The lowest BCUT2D eigenvalue weighted by Gasteiger charge is -2.25. The molecule has 1 aromatic rings. The molecule has 2 atom stereocenters. The van der Waals surface area contributed by atoms with Crippen LogP contribution in [0.5, 0.6) is 0 Å². The molecule has 1 aliphatic rings. The zero-order valence-corrected chi connectivity index (χ0v) is 9.91. The van der Waals surface area contributed by atoms with Gasteiger partial charge in [0, 0.05) is 25.3 Å². The minimum absolute atomic E-state index is 0.170. The Morgan fingerprint density at radius 3 is 2.94 bits per heavy atom. The summed E-state index contributed by atoms with van der Waals surface area (Å²) in [6.07, 6.45) is 1.24.